The summed E-state index contributed by atoms with van der Waals surface area (Å²) in [4.78, 5) is 0. The Balaban J connectivity index is 2.61. The van der Waals surface area contributed by atoms with Gasteiger partial charge in [-0.3, -0.25) is 0 Å². The van der Waals surface area contributed by atoms with Gasteiger partial charge in [0.25, 0.3) is 0 Å². The maximum absolute atomic E-state index is 9.13. The number of hydrogen-bond acceptors (Lipinski definition) is 5. The van der Waals surface area contributed by atoms with Crippen molar-refractivity contribution in [1.82, 2.24) is 0 Å². The van der Waals surface area contributed by atoms with Crippen LogP contribution in [0.3, 0.4) is 0 Å². The lowest BCUT2D eigenvalue weighted by atomic mass is 9.93. The van der Waals surface area contributed by atoms with Gasteiger partial charge in [-0.05, 0) is 12.5 Å². The highest BCUT2D eigenvalue weighted by Gasteiger charge is 2.34. The number of allylic oxidation sites excluding steroid dienone is 1. The fourth-order valence-corrected chi connectivity index (χ4v) is 2.00. The molecule has 2 rings (SSSR count). The lowest BCUT2D eigenvalue weighted by molar-refractivity contribution is 0.166. The molecule has 5 nitrogen and oxygen atoms in total. The summed E-state index contributed by atoms with van der Waals surface area (Å²) >= 11 is 0. The second kappa shape index (κ2) is 5.18. The molecule has 1 aliphatic heterocycles. The van der Waals surface area contributed by atoms with Gasteiger partial charge in [0.05, 0.1) is 0 Å². The van der Waals surface area contributed by atoms with Gasteiger partial charge in [-0.25, -0.2) is 0 Å². The summed E-state index contributed by atoms with van der Waals surface area (Å²) in [6.07, 6.45) is -0.695. The van der Waals surface area contributed by atoms with E-state index in [-0.39, 0.29) is 22.6 Å². The molecule has 96 valence electrons. The number of benzene rings is 1. The Morgan fingerprint density at radius 3 is 2.25 bits per heavy atom. The molecule has 0 fully saturated rings. The van der Waals surface area contributed by atoms with Crippen LogP contribution in [-0.2, 0) is 4.74 Å². The number of nitrogens with two attached hydrogens (primary N) is 1. The second-order valence-corrected chi connectivity index (χ2v) is 4.27. The van der Waals surface area contributed by atoms with Crippen molar-refractivity contribution in [3.05, 3.63) is 58.0 Å². The molecular weight excluding hydrogens is 252 g/mol. The summed E-state index contributed by atoms with van der Waals surface area (Å²) in [5.74, 6) is -0.0592. The highest BCUT2D eigenvalue weighted by atomic mass is 16.5. The molecule has 0 amide bonds. The van der Waals surface area contributed by atoms with E-state index >= 15 is 0 Å². The van der Waals surface area contributed by atoms with Crippen LogP contribution in [-0.4, -0.2) is 0 Å². The Morgan fingerprint density at radius 1 is 1.15 bits per heavy atom. The zero-order chi connectivity index (χ0) is 14.7. The van der Waals surface area contributed by atoms with Crippen molar-refractivity contribution in [2.45, 2.75) is 13.0 Å². The van der Waals surface area contributed by atoms with Crippen LogP contribution in [0, 0.1) is 40.9 Å². The zero-order valence-electron chi connectivity index (χ0n) is 10.7. The summed E-state index contributed by atoms with van der Waals surface area (Å²) < 4.78 is 5.46. The quantitative estimate of drug-likeness (QED) is 0.780. The van der Waals surface area contributed by atoms with Crippen LogP contribution in [0.15, 0.2) is 46.9 Å². The molecule has 0 saturated carbocycles. The molecule has 1 aliphatic rings. The predicted molar refractivity (Wildman–Crippen MR) is 70.1 cm³/mol. The van der Waals surface area contributed by atoms with Crippen molar-refractivity contribution in [3.8, 4) is 18.2 Å². The average Bonchev–Trinajstić information content (AvgIpc) is 2.78. The summed E-state index contributed by atoms with van der Waals surface area (Å²) in [5, 5.41) is 27.2. The number of nitriles is 3. The lowest BCUT2D eigenvalue weighted by Gasteiger charge is -2.14. The summed E-state index contributed by atoms with van der Waals surface area (Å²) in [7, 11) is 0. The fourth-order valence-electron chi connectivity index (χ4n) is 2.00. The zero-order valence-corrected chi connectivity index (χ0v) is 10.7. The fraction of sp³-hybridized carbons (Fsp3) is 0.133. The van der Waals surface area contributed by atoms with Crippen LogP contribution in [0.5, 0.6) is 0 Å². The number of ether oxygens (including phenoxy) is 1. The highest BCUT2D eigenvalue weighted by molar-refractivity contribution is 5.60. The van der Waals surface area contributed by atoms with Crippen molar-refractivity contribution < 1.29 is 4.74 Å². The molecule has 0 radical (unpaired) electrons. The molecule has 1 aromatic rings. The predicted octanol–water partition coefficient (Wildman–Crippen LogP) is 2.10. The summed E-state index contributed by atoms with van der Waals surface area (Å²) in [6, 6.07) is 12.9. The van der Waals surface area contributed by atoms with Crippen LogP contribution in [0.2, 0.25) is 0 Å². The number of nitrogens with zero attached hydrogens (tertiary/aromatic N) is 3. The van der Waals surface area contributed by atoms with Gasteiger partial charge in [-0.1, -0.05) is 29.8 Å². The van der Waals surface area contributed by atoms with E-state index in [4.69, 9.17) is 26.3 Å². The van der Waals surface area contributed by atoms with Gasteiger partial charge >= 0.3 is 0 Å². The van der Waals surface area contributed by atoms with Crippen LogP contribution in [0.1, 0.15) is 17.2 Å². The minimum atomic E-state index is -0.695. The number of rotatable bonds is 1. The van der Waals surface area contributed by atoms with Gasteiger partial charge in [0.2, 0.25) is 5.88 Å². The van der Waals surface area contributed by atoms with E-state index in [1.165, 1.54) is 0 Å². The third-order valence-corrected chi connectivity index (χ3v) is 3.01. The first-order valence-electron chi connectivity index (χ1n) is 5.80. The molecule has 1 unspecified atom stereocenters. The monoisotopic (exact) mass is 262 g/mol. The lowest BCUT2D eigenvalue weighted by Crippen LogP contribution is -2.04. The highest BCUT2D eigenvalue weighted by Crippen LogP contribution is 2.40. The Morgan fingerprint density at radius 2 is 1.75 bits per heavy atom. The molecule has 0 saturated heterocycles. The number of hydrogen-bond donors (Lipinski definition) is 1. The Hall–Kier alpha value is -3.23. The molecule has 1 aromatic carbocycles. The Labute approximate surface area is 116 Å². The van der Waals surface area contributed by atoms with E-state index in [9.17, 15) is 0 Å². The minimum absolute atomic E-state index is 0.0497. The SMILES string of the molecule is Cc1ccc(C2OC(N)=C(C#N)C2=C(C#N)C#N)cc1. The third kappa shape index (κ3) is 2.07. The first-order chi connectivity index (χ1) is 9.62. The van der Waals surface area contributed by atoms with E-state index in [1.54, 1.807) is 12.1 Å². The normalized spacial score (nSPS) is 16.9. The molecule has 1 heterocycles. The maximum atomic E-state index is 9.13. The van der Waals surface area contributed by atoms with Gasteiger partial charge in [0.1, 0.15) is 29.4 Å². The van der Waals surface area contributed by atoms with Crippen LogP contribution in [0.4, 0.5) is 0 Å². The van der Waals surface area contributed by atoms with Crippen molar-refractivity contribution in [2.75, 3.05) is 0 Å². The van der Waals surface area contributed by atoms with Gasteiger partial charge in [0, 0.05) is 5.57 Å². The summed E-state index contributed by atoms with van der Waals surface area (Å²) in [5.41, 5.74) is 7.60. The van der Waals surface area contributed by atoms with E-state index in [2.05, 4.69) is 0 Å². The Kier molecular flexibility index (Phi) is 3.42. The van der Waals surface area contributed by atoms with Gasteiger partial charge < -0.3 is 10.5 Å². The van der Waals surface area contributed by atoms with Crippen LogP contribution >= 0.6 is 0 Å². The van der Waals surface area contributed by atoms with E-state index in [1.807, 2.05) is 37.3 Å². The second-order valence-electron chi connectivity index (χ2n) is 4.27. The molecule has 5 heteroatoms. The molecule has 2 N–H and O–H groups in total. The van der Waals surface area contributed by atoms with Gasteiger partial charge in [-0.2, -0.15) is 15.8 Å². The van der Waals surface area contributed by atoms with Gasteiger partial charge in [-0.15, -0.1) is 0 Å². The summed E-state index contributed by atoms with van der Waals surface area (Å²) in [6.45, 7) is 1.94. The van der Waals surface area contributed by atoms with E-state index in [0.717, 1.165) is 11.1 Å². The van der Waals surface area contributed by atoms with Crippen molar-refractivity contribution in [2.24, 2.45) is 5.73 Å². The number of aryl methyl sites for hydroxylation is 1. The smallest absolute Gasteiger partial charge is 0.203 e. The van der Waals surface area contributed by atoms with Crippen molar-refractivity contribution in [3.63, 3.8) is 0 Å². The molecule has 1 atom stereocenters. The molecule has 0 bridgehead atoms. The molecule has 0 spiro atoms. The molecule has 0 aliphatic carbocycles. The average molecular weight is 262 g/mol. The van der Waals surface area contributed by atoms with Crippen LogP contribution in [0.25, 0.3) is 0 Å². The van der Waals surface area contributed by atoms with Crippen LogP contribution < -0.4 is 5.73 Å². The Bertz CT molecular complexity index is 720. The minimum Gasteiger partial charge on any atom is -0.465 e. The first-order valence-corrected chi connectivity index (χ1v) is 5.80. The van der Waals surface area contributed by atoms with Gasteiger partial charge in [0.15, 0.2) is 6.10 Å². The van der Waals surface area contributed by atoms with E-state index < -0.39 is 6.10 Å². The van der Waals surface area contributed by atoms with Crippen molar-refractivity contribution >= 4 is 0 Å². The topological polar surface area (TPSA) is 107 Å². The molecular formula is C15H10N4O. The van der Waals surface area contributed by atoms with E-state index in [0.29, 0.717) is 0 Å². The molecule has 20 heavy (non-hydrogen) atoms. The maximum Gasteiger partial charge on any atom is 0.203 e. The molecule has 0 aromatic heterocycles. The third-order valence-electron chi connectivity index (χ3n) is 3.01. The standard InChI is InChI=1S/C15H10N4O/c1-9-2-4-10(5-3-9)14-13(11(6-16)7-17)12(8-18)15(19)20-14/h2-5,14H,19H2,1H3. The first kappa shape index (κ1) is 13.2. The van der Waals surface area contributed by atoms with Crippen molar-refractivity contribution in [1.29, 1.82) is 15.8 Å². The largest absolute Gasteiger partial charge is 0.465 e.